The van der Waals surface area contributed by atoms with Gasteiger partial charge in [0, 0.05) is 56.7 Å². The standard InChI is InChI=1S/C29H45N7O/c1-22(35-20-26-10-5-6-13-34-26)29(37)36-19-24-18-32-21-28-23(17-31-15-11-27(24)28)16-30-12-7-14-33-25-8-3-2-4-9-25/h5-6,10,13,18,21-23,25,30-31,33,35H,2-4,7-9,11-12,14-17,19-20H2,1H3,(H,36,37)/t22-,23?/m0/s1. The molecule has 1 saturated carbocycles. The third-order valence-corrected chi connectivity index (χ3v) is 7.68. The van der Waals surface area contributed by atoms with Crippen LogP contribution in [0.4, 0.5) is 0 Å². The maximum atomic E-state index is 12.7. The molecule has 4 rings (SSSR count). The molecule has 2 aliphatic rings. The number of nitrogens with one attached hydrogen (secondary N) is 5. The van der Waals surface area contributed by atoms with E-state index in [-0.39, 0.29) is 11.9 Å². The fourth-order valence-corrected chi connectivity index (χ4v) is 5.43. The second-order valence-corrected chi connectivity index (χ2v) is 10.5. The molecule has 0 spiro atoms. The quantitative estimate of drug-likeness (QED) is 0.265. The number of carbonyl (C=O) groups is 1. The lowest BCUT2D eigenvalue weighted by Gasteiger charge is -2.23. The molecule has 1 unspecified atom stereocenters. The Hall–Kier alpha value is -2.39. The maximum absolute atomic E-state index is 12.7. The van der Waals surface area contributed by atoms with Crippen molar-refractivity contribution in [1.82, 2.24) is 36.6 Å². The molecule has 8 nitrogen and oxygen atoms in total. The highest BCUT2D eigenvalue weighted by molar-refractivity contribution is 5.81. The van der Waals surface area contributed by atoms with Crippen LogP contribution in [0.2, 0.25) is 0 Å². The van der Waals surface area contributed by atoms with E-state index in [1.807, 2.05) is 37.5 Å². The van der Waals surface area contributed by atoms with Crippen LogP contribution in [0.25, 0.3) is 0 Å². The predicted molar refractivity (Wildman–Crippen MR) is 148 cm³/mol. The Labute approximate surface area is 222 Å². The number of fused-ring (bicyclic) bond motifs is 1. The van der Waals surface area contributed by atoms with Crippen molar-refractivity contribution in [1.29, 1.82) is 0 Å². The normalized spacial score (nSPS) is 19.1. The first kappa shape index (κ1) is 27.6. The highest BCUT2D eigenvalue weighted by atomic mass is 16.2. The van der Waals surface area contributed by atoms with Crippen molar-refractivity contribution in [3.05, 3.63) is 59.2 Å². The molecule has 3 heterocycles. The molecule has 202 valence electrons. The van der Waals surface area contributed by atoms with E-state index >= 15 is 0 Å². The fraction of sp³-hybridized carbons (Fsp3) is 0.621. The number of nitrogens with zero attached hydrogens (tertiary/aromatic N) is 2. The molecule has 0 bridgehead atoms. The summed E-state index contributed by atoms with van der Waals surface area (Å²) in [5.74, 6) is 0.367. The molecule has 2 aromatic rings. The summed E-state index contributed by atoms with van der Waals surface area (Å²) in [4.78, 5) is 21.6. The highest BCUT2D eigenvalue weighted by Crippen LogP contribution is 2.24. The van der Waals surface area contributed by atoms with Gasteiger partial charge < -0.3 is 26.6 Å². The molecule has 0 radical (unpaired) electrons. The number of pyridine rings is 2. The summed E-state index contributed by atoms with van der Waals surface area (Å²) in [7, 11) is 0. The predicted octanol–water partition coefficient (Wildman–Crippen LogP) is 2.40. The molecule has 8 heteroatoms. The Morgan fingerprint density at radius 3 is 2.86 bits per heavy atom. The topological polar surface area (TPSA) is 103 Å². The first-order valence-corrected chi connectivity index (χ1v) is 14.2. The van der Waals surface area contributed by atoms with Gasteiger partial charge in [-0.05, 0) is 81.1 Å². The van der Waals surface area contributed by atoms with Crippen molar-refractivity contribution in [3.8, 4) is 0 Å². The Balaban J connectivity index is 1.23. The fourth-order valence-electron chi connectivity index (χ4n) is 5.43. The van der Waals surface area contributed by atoms with Crippen LogP contribution in [0.3, 0.4) is 0 Å². The maximum Gasteiger partial charge on any atom is 0.237 e. The minimum absolute atomic E-state index is 0.0136. The number of carbonyl (C=O) groups excluding carboxylic acids is 1. The zero-order valence-electron chi connectivity index (χ0n) is 22.4. The van der Waals surface area contributed by atoms with Gasteiger partial charge in [0.1, 0.15) is 0 Å². The largest absolute Gasteiger partial charge is 0.351 e. The van der Waals surface area contributed by atoms with E-state index in [4.69, 9.17) is 0 Å². The van der Waals surface area contributed by atoms with Crippen LogP contribution in [0, 0.1) is 0 Å². The van der Waals surface area contributed by atoms with Gasteiger partial charge in [-0.3, -0.25) is 14.8 Å². The molecule has 0 aromatic carbocycles. The van der Waals surface area contributed by atoms with E-state index in [9.17, 15) is 4.79 Å². The zero-order chi connectivity index (χ0) is 25.7. The molecule has 37 heavy (non-hydrogen) atoms. The minimum Gasteiger partial charge on any atom is -0.351 e. The van der Waals surface area contributed by atoms with Crippen LogP contribution in [-0.2, 0) is 24.3 Å². The Kier molecular flexibility index (Phi) is 11.3. The zero-order valence-corrected chi connectivity index (χ0v) is 22.4. The molecule has 5 N–H and O–H groups in total. The third-order valence-electron chi connectivity index (χ3n) is 7.68. The SMILES string of the molecule is C[C@H](NCc1ccccn1)C(=O)NCc1cncc2c1CCNCC2CNCCCNC1CCCCC1. The number of amides is 1. The van der Waals surface area contributed by atoms with Crippen LogP contribution in [-0.4, -0.2) is 60.7 Å². The summed E-state index contributed by atoms with van der Waals surface area (Å²) in [6, 6.07) is 6.23. The van der Waals surface area contributed by atoms with Crippen molar-refractivity contribution in [3.63, 3.8) is 0 Å². The number of rotatable bonds is 13. The van der Waals surface area contributed by atoms with Crippen molar-refractivity contribution >= 4 is 5.91 Å². The van der Waals surface area contributed by atoms with Crippen LogP contribution >= 0.6 is 0 Å². The number of hydrogen-bond donors (Lipinski definition) is 5. The smallest absolute Gasteiger partial charge is 0.237 e. The van der Waals surface area contributed by atoms with Gasteiger partial charge in [0.05, 0.1) is 11.7 Å². The highest BCUT2D eigenvalue weighted by Gasteiger charge is 2.22. The van der Waals surface area contributed by atoms with Gasteiger partial charge in [0.15, 0.2) is 0 Å². The van der Waals surface area contributed by atoms with Crippen LogP contribution < -0.4 is 26.6 Å². The molecule has 1 fully saturated rings. The van der Waals surface area contributed by atoms with Crippen LogP contribution in [0.1, 0.15) is 73.8 Å². The second kappa shape index (κ2) is 15.1. The van der Waals surface area contributed by atoms with E-state index in [0.717, 1.165) is 62.9 Å². The monoisotopic (exact) mass is 507 g/mol. The third kappa shape index (κ3) is 8.85. The molecule has 1 aliphatic heterocycles. The van der Waals surface area contributed by atoms with Gasteiger partial charge >= 0.3 is 0 Å². The van der Waals surface area contributed by atoms with E-state index in [0.29, 0.717) is 19.0 Å². The van der Waals surface area contributed by atoms with E-state index in [2.05, 4.69) is 36.6 Å². The van der Waals surface area contributed by atoms with Gasteiger partial charge in [-0.15, -0.1) is 0 Å². The molecule has 1 aliphatic carbocycles. The Morgan fingerprint density at radius 1 is 1.14 bits per heavy atom. The minimum atomic E-state index is -0.302. The Bertz CT molecular complexity index is 949. The van der Waals surface area contributed by atoms with Crippen molar-refractivity contribution in [2.75, 3.05) is 32.7 Å². The lowest BCUT2D eigenvalue weighted by molar-refractivity contribution is -0.122. The van der Waals surface area contributed by atoms with E-state index in [1.165, 1.54) is 43.2 Å². The summed E-state index contributed by atoms with van der Waals surface area (Å²) >= 11 is 0. The Morgan fingerprint density at radius 2 is 2.03 bits per heavy atom. The van der Waals surface area contributed by atoms with Gasteiger partial charge in [-0.1, -0.05) is 25.3 Å². The van der Waals surface area contributed by atoms with Gasteiger partial charge in [-0.25, -0.2) is 0 Å². The lowest BCUT2D eigenvalue weighted by Crippen LogP contribution is -2.41. The van der Waals surface area contributed by atoms with Crippen LogP contribution in [0.15, 0.2) is 36.8 Å². The van der Waals surface area contributed by atoms with Gasteiger partial charge in [-0.2, -0.15) is 0 Å². The summed E-state index contributed by atoms with van der Waals surface area (Å²) in [5.41, 5.74) is 4.69. The lowest BCUT2D eigenvalue weighted by atomic mass is 9.92. The van der Waals surface area contributed by atoms with Crippen molar-refractivity contribution < 1.29 is 4.79 Å². The van der Waals surface area contributed by atoms with Gasteiger partial charge in [0.2, 0.25) is 5.91 Å². The van der Waals surface area contributed by atoms with E-state index < -0.39 is 0 Å². The first-order chi connectivity index (χ1) is 18.2. The average Bonchev–Trinajstić information content (AvgIpc) is 3.16. The second-order valence-electron chi connectivity index (χ2n) is 10.5. The molecular formula is C29H45N7O. The van der Waals surface area contributed by atoms with Crippen molar-refractivity contribution in [2.45, 2.75) is 83.0 Å². The molecule has 0 saturated heterocycles. The molecule has 2 atom stereocenters. The summed E-state index contributed by atoms with van der Waals surface area (Å²) in [5, 5.41) is 17.4. The first-order valence-electron chi connectivity index (χ1n) is 14.2. The summed E-state index contributed by atoms with van der Waals surface area (Å²) in [6.07, 6.45) is 14.7. The average molecular weight is 508 g/mol. The summed E-state index contributed by atoms with van der Waals surface area (Å²) in [6.45, 7) is 7.91. The van der Waals surface area contributed by atoms with Crippen molar-refractivity contribution in [2.24, 2.45) is 0 Å². The summed E-state index contributed by atoms with van der Waals surface area (Å²) < 4.78 is 0. The number of aromatic nitrogens is 2. The molecule has 2 aromatic heterocycles. The molecule has 1 amide bonds. The van der Waals surface area contributed by atoms with Crippen LogP contribution in [0.5, 0.6) is 0 Å². The van der Waals surface area contributed by atoms with Gasteiger partial charge in [0.25, 0.3) is 0 Å². The van der Waals surface area contributed by atoms with E-state index in [1.54, 1.807) is 6.20 Å². The number of hydrogen-bond acceptors (Lipinski definition) is 7. The molecular weight excluding hydrogens is 462 g/mol.